The second-order valence-electron chi connectivity index (χ2n) is 4.53. The summed E-state index contributed by atoms with van der Waals surface area (Å²) in [6, 6.07) is 0. The number of nitrogens with zero attached hydrogens (tertiary/aromatic N) is 1. The summed E-state index contributed by atoms with van der Waals surface area (Å²) in [4.78, 5) is 2.23. The highest BCUT2D eigenvalue weighted by atomic mass is 16.5. The molecule has 0 aromatic rings. The van der Waals surface area contributed by atoms with Gasteiger partial charge in [0.2, 0.25) is 0 Å². The maximum absolute atomic E-state index is 8.84. The van der Waals surface area contributed by atoms with Gasteiger partial charge in [-0.3, -0.25) is 4.90 Å². The van der Waals surface area contributed by atoms with Crippen LogP contribution in [0.1, 0.15) is 34.1 Å². The van der Waals surface area contributed by atoms with E-state index in [9.17, 15) is 0 Å². The van der Waals surface area contributed by atoms with E-state index in [1.165, 1.54) is 0 Å². The molecule has 86 valence electrons. The van der Waals surface area contributed by atoms with Crippen molar-refractivity contribution >= 4 is 0 Å². The minimum Gasteiger partial charge on any atom is -0.395 e. The lowest BCUT2D eigenvalue weighted by molar-refractivity contribution is -0.0142. The summed E-state index contributed by atoms with van der Waals surface area (Å²) < 4.78 is 5.63. The van der Waals surface area contributed by atoms with E-state index in [1.54, 1.807) is 0 Å². The second-order valence-corrected chi connectivity index (χ2v) is 4.53. The van der Waals surface area contributed by atoms with Crippen LogP contribution in [0.25, 0.3) is 0 Å². The van der Waals surface area contributed by atoms with E-state index in [4.69, 9.17) is 9.84 Å². The average molecular weight is 203 g/mol. The molecular formula is C11H25NO2. The maximum atomic E-state index is 8.84. The van der Waals surface area contributed by atoms with Crippen LogP contribution in [0.15, 0.2) is 0 Å². The van der Waals surface area contributed by atoms with Crippen LogP contribution in [0.3, 0.4) is 0 Å². The SMILES string of the molecule is CCCN(CCO)CCOC(C)(C)C. The molecule has 0 bridgehead atoms. The molecule has 1 N–H and O–H groups in total. The van der Waals surface area contributed by atoms with Crippen LogP contribution in [0.2, 0.25) is 0 Å². The predicted octanol–water partition coefficient (Wildman–Crippen LogP) is 1.51. The van der Waals surface area contributed by atoms with E-state index in [1.807, 2.05) is 0 Å². The van der Waals surface area contributed by atoms with E-state index in [-0.39, 0.29) is 12.2 Å². The zero-order chi connectivity index (χ0) is 11.0. The predicted molar refractivity (Wildman–Crippen MR) is 59.5 cm³/mol. The number of hydrogen-bond donors (Lipinski definition) is 1. The Balaban J connectivity index is 3.60. The summed E-state index contributed by atoms with van der Waals surface area (Å²) in [5.41, 5.74) is -0.0584. The Morgan fingerprint density at radius 1 is 1.14 bits per heavy atom. The fourth-order valence-corrected chi connectivity index (χ4v) is 1.27. The number of rotatable bonds is 7. The third-order valence-electron chi connectivity index (χ3n) is 1.90. The van der Waals surface area contributed by atoms with Crippen molar-refractivity contribution in [2.24, 2.45) is 0 Å². The highest BCUT2D eigenvalue weighted by molar-refractivity contribution is 4.61. The van der Waals surface area contributed by atoms with Crippen molar-refractivity contribution in [3.8, 4) is 0 Å². The minimum atomic E-state index is -0.0584. The van der Waals surface area contributed by atoms with Crippen molar-refractivity contribution in [1.82, 2.24) is 4.90 Å². The Morgan fingerprint density at radius 3 is 2.21 bits per heavy atom. The molecule has 0 aliphatic heterocycles. The fourth-order valence-electron chi connectivity index (χ4n) is 1.27. The highest BCUT2D eigenvalue weighted by Crippen LogP contribution is 2.06. The van der Waals surface area contributed by atoms with Crippen molar-refractivity contribution in [2.45, 2.75) is 39.7 Å². The summed E-state index contributed by atoms with van der Waals surface area (Å²) in [5, 5.41) is 8.84. The summed E-state index contributed by atoms with van der Waals surface area (Å²) in [6.45, 7) is 12.0. The molecule has 0 radical (unpaired) electrons. The van der Waals surface area contributed by atoms with Crippen LogP contribution >= 0.6 is 0 Å². The molecule has 0 aromatic heterocycles. The second kappa shape index (κ2) is 7.21. The summed E-state index contributed by atoms with van der Waals surface area (Å²) >= 11 is 0. The summed E-state index contributed by atoms with van der Waals surface area (Å²) in [7, 11) is 0. The third-order valence-corrected chi connectivity index (χ3v) is 1.90. The minimum absolute atomic E-state index is 0.0584. The monoisotopic (exact) mass is 203 g/mol. The van der Waals surface area contributed by atoms with Gasteiger partial charge in [-0.15, -0.1) is 0 Å². The van der Waals surface area contributed by atoms with Crippen molar-refractivity contribution in [2.75, 3.05) is 32.8 Å². The normalized spacial score (nSPS) is 12.4. The summed E-state index contributed by atoms with van der Waals surface area (Å²) in [5.74, 6) is 0. The summed E-state index contributed by atoms with van der Waals surface area (Å²) in [6.07, 6.45) is 1.12. The molecule has 0 fully saturated rings. The number of aliphatic hydroxyl groups is 1. The van der Waals surface area contributed by atoms with E-state index in [0.29, 0.717) is 0 Å². The molecule has 0 rings (SSSR count). The van der Waals surface area contributed by atoms with Gasteiger partial charge in [0, 0.05) is 13.1 Å². The molecule has 0 amide bonds. The Hall–Kier alpha value is -0.120. The van der Waals surface area contributed by atoms with Gasteiger partial charge in [0.25, 0.3) is 0 Å². The van der Waals surface area contributed by atoms with Gasteiger partial charge in [0.1, 0.15) is 0 Å². The molecule has 3 nitrogen and oxygen atoms in total. The molecule has 0 aromatic carbocycles. The lowest BCUT2D eigenvalue weighted by Crippen LogP contribution is -2.33. The average Bonchev–Trinajstić information content (AvgIpc) is 2.02. The molecule has 0 heterocycles. The van der Waals surface area contributed by atoms with Gasteiger partial charge < -0.3 is 9.84 Å². The van der Waals surface area contributed by atoms with Gasteiger partial charge in [-0.1, -0.05) is 6.92 Å². The van der Waals surface area contributed by atoms with Gasteiger partial charge in [-0.25, -0.2) is 0 Å². The van der Waals surface area contributed by atoms with E-state index < -0.39 is 0 Å². The molecule has 0 saturated heterocycles. The Bertz CT molecular complexity index is 126. The van der Waals surface area contributed by atoms with Gasteiger partial charge in [0.15, 0.2) is 0 Å². The van der Waals surface area contributed by atoms with Crippen molar-refractivity contribution in [3.63, 3.8) is 0 Å². The van der Waals surface area contributed by atoms with Gasteiger partial charge in [-0.05, 0) is 33.7 Å². The quantitative estimate of drug-likeness (QED) is 0.680. The number of aliphatic hydroxyl groups excluding tert-OH is 1. The Morgan fingerprint density at radius 2 is 1.79 bits per heavy atom. The van der Waals surface area contributed by atoms with Crippen LogP contribution in [-0.4, -0.2) is 48.5 Å². The topological polar surface area (TPSA) is 32.7 Å². The standard InChI is InChI=1S/C11H25NO2/c1-5-6-12(7-9-13)8-10-14-11(2,3)4/h13H,5-10H2,1-4H3. The molecule has 0 saturated carbocycles. The van der Waals surface area contributed by atoms with Crippen molar-refractivity contribution < 1.29 is 9.84 Å². The van der Waals surface area contributed by atoms with Gasteiger partial charge >= 0.3 is 0 Å². The highest BCUT2D eigenvalue weighted by Gasteiger charge is 2.10. The molecule has 0 atom stereocenters. The maximum Gasteiger partial charge on any atom is 0.0600 e. The first-order valence-electron chi connectivity index (χ1n) is 5.46. The molecule has 0 aliphatic carbocycles. The largest absolute Gasteiger partial charge is 0.395 e. The van der Waals surface area contributed by atoms with Crippen LogP contribution < -0.4 is 0 Å². The van der Waals surface area contributed by atoms with Crippen LogP contribution in [0, 0.1) is 0 Å². The molecule has 0 unspecified atom stereocenters. The Labute approximate surface area is 88.1 Å². The zero-order valence-corrected chi connectivity index (χ0v) is 10.0. The lowest BCUT2D eigenvalue weighted by Gasteiger charge is -2.24. The van der Waals surface area contributed by atoms with Gasteiger partial charge in [0.05, 0.1) is 18.8 Å². The van der Waals surface area contributed by atoms with Crippen molar-refractivity contribution in [3.05, 3.63) is 0 Å². The third kappa shape index (κ3) is 8.48. The van der Waals surface area contributed by atoms with Crippen LogP contribution in [-0.2, 0) is 4.74 Å². The molecule has 3 heteroatoms. The molecule has 0 aliphatic rings. The molecule has 14 heavy (non-hydrogen) atoms. The van der Waals surface area contributed by atoms with Gasteiger partial charge in [-0.2, -0.15) is 0 Å². The number of hydrogen-bond acceptors (Lipinski definition) is 3. The first-order chi connectivity index (χ1) is 6.49. The Kier molecular flexibility index (Phi) is 7.15. The lowest BCUT2D eigenvalue weighted by atomic mass is 10.2. The first kappa shape index (κ1) is 13.9. The van der Waals surface area contributed by atoms with Crippen LogP contribution in [0.5, 0.6) is 0 Å². The van der Waals surface area contributed by atoms with E-state index in [2.05, 4.69) is 32.6 Å². The van der Waals surface area contributed by atoms with E-state index in [0.717, 1.165) is 32.7 Å². The fraction of sp³-hybridized carbons (Fsp3) is 1.00. The number of ether oxygens (including phenoxy) is 1. The zero-order valence-electron chi connectivity index (χ0n) is 10.0. The van der Waals surface area contributed by atoms with Crippen LogP contribution in [0.4, 0.5) is 0 Å². The van der Waals surface area contributed by atoms with Crippen molar-refractivity contribution in [1.29, 1.82) is 0 Å². The van der Waals surface area contributed by atoms with E-state index >= 15 is 0 Å². The first-order valence-corrected chi connectivity index (χ1v) is 5.46. The molecule has 0 spiro atoms. The smallest absolute Gasteiger partial charge is 0.0600 e. The molecular weight excluding hydrogens is 178 g/mol.